The van der Waals surface area contributed by atoms with Crippen LogP contribution in [0.4, 0.5) is 5.69 Å². The van der Waals surface area contributed by atoms with E-state index in [4.69, 9.17) is 9.72 Å². The van der Waals surface area contributed by atoms with Gasteiger partial charge in [0.15, 0.2) is 0 Å². The summed E-state index contributed by atoms with van der Waals surface area (Å²) in [4.78, 5) is 19.0. The number of amides is 1. The summed E-state index contributed by atoms with van der Waals surface area (Å²) in [7, 11) is 2.05. The number of para-hydroxylation sites is 2. The summed E-state index contributed by atoms with van der Waals surface area (Å²) in [6.45, 7) is 4.31. The van der Waals surface area contributed by atoms with Crippen molar-refractivity contribution < 1.29 is 9.53 Å². The summed E-state index contributed by atoms with van der Waals surface area (Å²) >= 11 is 0. The maximum atomic E-state index is 11.9. The number of carbonyl (C=O) groups is 1. The normalized spacial score (nSPS) is 16.6. The van der Waals surface area contributed by atoms with Gasteiger partial charge in [0.1, 0.15) is 12.4 Å². The second kappa shape index (κ2) is 8.02. The Morgan fingerprint density at radius 1 is 1.25 bits per heavy atom. The van der Waals surface area contributed by atoms with Crippen LogP contribution in [0.1, 0.15) is 13.3 Å². The first-order valence-electron chi connectivity index (χ1n) is 9.79. The number of hydrogen-bond acceptors (Lipinski definition) is 4. The van der Waals surface area contributed by atoms with Gasteiger partial charge < -0.3 is 19.5 Å². The highest BCUT2D eigenvalue weighted by Crippen LogP contribution is 2.28. The number of benzene rings is 2. The number of rotatable bonds is 6. The fourth-order valence-electron chi connectivity index (χ4n) is 3.82. The highest BCUT2D eigenvalue weighted by molar-refractivity contribution is 5.81. The Morgan fingerprint density at radius 2 is 2.11 bits per heavy atom. The van der Waals surface area contributed by atoms with E-state index in [1.807, 2.05) is 25.1 Å². The summed E-state index contributed by atoms with van der Waals surface area (Å²) in [5, 5.41) is 3.06. The van der Waals surface area contributed by atoms with Gasteiger partial charge in [-0.15, -0.1) is 0 Å². The molecule has 0 bridgehead atoms. The highest BCUT2D eigenvalue weighted by Gasteiger charge is 2.24. The molecule has 3 aromatic rings. The molecule has 2 heterocycles. The van der Waals surface area contributed by atoms with Gasteiger partial charge >= 0.3 is 0 Å². The second-order valence-electron chi connectivity index (χ2n) is 7.17. The van der Waals surface area contributed by atoms with Gasteiger partial charge in [-0.05, 0) is 37.6 Å². The zero-order chi connectivity index (χ0) is 19.5. The number of nitrogens with zero attached hydrogens (tertiary/aromatic N) is 3. The molecule has 1 aromatic heterocycles. The molecule has 0 unspecified atom stereocenters. The molecule has 1 atom stereocenters. The molecule has 6 nitrogen and oxygen atoms in total. The van der Waals surface area contributed by atoms with Crippen molar-refractivity contribution in [1.82, 2.24) is 14.9 Å². The first kappa shape index (κ1) is 18.5. The van der Waals surface area contributed by atoms with Gasteiger partial charge in [-0.3, -0.25) is 4.79 Å². The van der Waals surface area contributed by atoms with Crippen molar-refractivity contribution in [2.75, 3.05) is 31.2 Å². The Labute approximate surface area is 165 Å². The molecule has 4 rings (SSSR count). The Bertz CT molecular complexity index is 982. The Hall–Kier alpha value is -2.86. The first-order valence-corrected chi connectivity index (χ1v) is 9.79. The third-order valence-electron chi connectivity index (χ3n) is 5.25. The number of carbonyl (C=O) groups excluding carboxylic acids is 1. The summed E-state index contributed by atoms with van der Waals surface area (Å²) in [5.41, 5.74) is 4.39. The van der Waals surface area contributed by atoms with Crippen molar-refractivity contribution in [2.24, 2.45) is 7.05 Å². The molecule has 2 aromatic carbocycles. The van der Waals surface area contributed by atoms with Crippen LogP contribution in [-0.2, 0) is 16.6 Å². The molecule has 1 N–H and O–H groups in total. The predicted octanol–water partition coefficient (Wildman–Crippen LogP) is 2.97. The molecular weight excluding hydrogens is 352 g/mol. The van der Waals surface area contributed by atoms with Crippen LogP contribution < -0.4 is 10.2 Å². The first-order chi connectivity index (χ1) is 13.7. The lowest BCUT2D eigenvalue weighted by Gasteiger charge is -2.20. The van der Waals surface area contributed by atoms with E-state index in [0.717, 1.165) is 47.6 Å². The van der Waals surface area contributed by atoms with Gasteiger partial charge in [-0.2, -0.15) is 0 Å². The number of imidazole rings is 1. The van der Waals surface area contributed by atoms with E-state index in [1.54, 1.807) is 0 Å². The topological polar surface area (TPSA) is 59.4 Å². The number of ether oxygens (including phenoxy) is 1. The minimum absolute atomic E-state index is 0.0397. The van der Waals surface area contributed by atoms with Gasteiger partial charge in [0, 0.05) is 44.0 Å². The van der Waals surface area contributed by atoms with Crippen molar-refractivity contribution in [3.05, 3.63) is 48.5 Å². The number of aryl methyl sites for hydroxylation is 1. The van der Waals surface area contributed by atoms with Crippen LogP contribution in [0.2, 0.25) is 0 Å². The van der Waals surface area contributed by atoms with Crippen LogP contribution in [0.25, 0.3) is 22.4 Å². The molecule has 1 aliphatic heterocycles. The van der Waals surface area contributed by atoms with Crippen LogP contribution in [0.3, 0.4) is 0 Å². The standard InChI is InChI=1S/C22H26N4O2/c1-3-28-15-21(27)23-17-11-12-26(14-17)18-8-6-7-16(13-18)22-24-19-9-4-5-10-20(19)25(22)2/h4-10,13,17H,3,11-12,14-15H2,1-2H3,(H,23,27)/t17-/m0/s1. The maximum absolute atomic E-state index is 11.9. The molecule has 0 spiro atoms. The molecule has 1 amide bonds. The number of aromatic nitrogens is 2. The van der Waals surface area contributed by atoms with Crippen LogP contribution in [0.5, 0.6) is 0 Å². The quantitative estimate of drug-likeness (QED) is 0.716. The number of hydrogen-bond donors (Lipinski definition) is 1. The van der Waals surface area contributed by atoms with E-state index in [1.165, 1.54) is 0 Å². The number of anilines is 1. The summed E-state index contributed by atoms with van der Waals surface area (Å²) in [6, 6.07) is 16.8. The predicted molar refractivity (Wildman–Crippen MR) is 111 cm³/mol. The summed E-state index contributed by atoms with van der Waals surface area (Å²) in [5.74, 6) is 0.922. The fraction of sp³-hybridized carbons (Fsp3) is 0.364. The van der Waals surface area contributed by atoms with E-state index in [2.05, 4.69) is 52.2 Å². The third kappa shape index (κ3) is 3.73. The fourth-order valence-corrected chi connectivity index (χ4v) is 3.82. The molecule has 0 saturated carbocycles. The van der Waals surface area contributed by atoms with Crippen molar-refractivity contribution in [3.8, 4) is 11.4 Å². The van der Waals surface area contributed by atoms with Crippen LogP contribution in [0.15, 0.2) is 48.5 Å². The molecule has 28 heavy (non-hydrogen) atoms. The van der Waals surface area contributed by atoms with Gasteiger partial charge in [-0.25, -0.2) is 4.98 Å². The van der Waals surface area contributed by atoms with Gasteiger partial charge in [0.05, 0.1) is 11.0 Å². The average Bonchev–Trinajstić information content (AvgIpc) is 3.31. The molecule has 0 radical (unpaired) electrons. The Balaban J connectivity index is 1.50. The third-order valence-corrected chi connectivity index (χ3v) is 5.25. The Kier molecular flexibility index (Phi) is 5.30. The maximum Gasteiger partial charge on any atom is 0.246 e. The van der Waals surface area contributed by atoms with E-state index in [-0.39, 0.29) is 18.6 Å². The van der Waals surface area contributed by atoms with Crippen molar-refractivity contribution >= 4 is 22.6 Å². The van der Waals surface area contributed by atoms with Crippen molar-refractivity contribution in [1.29, 1.82) is 0 Å². The molecule has 0 aliphatic carbocycles. The molecule has 6 heteroatoms. The number of nitrogens with one attached hydrogen (secondary N) is 1. The van der Waals surface area contributed by atoms with E-state index in [9.17, 15) is 4.79 Å². The molecule has 1 saturated heterocycles. The van der Waals surface area contributed by atoms with Crippen LogP contribution >= 0.6 is 0 Å². The monoisotopic (exact) mass is 378 g/mol. The zero-order valence-corrected chi connectivity index (χ0v) is 16.4. The SMILES string of the molecule is CCOCC(=O)N[C@H]1CCN(c2cccc(-c3nc4ccccc4n3C)c2)C1. The van der Waals surface area contributed by atoms with Gasteiger partial charge in [0.2, 0.25) is 5.91 Å². The molecular formula is C22H26N4O2. The summed E-state index contributed by atoms with van der Waals surface area (Å²) < 4.78 is 7.32. The van der Waals surface area contributed by atoms with Crippen molar-refractivity contribution in [2.45, 2.75) is 19.4 Å². The average molecular weight is 378 g/mol. The molecule has 146 valence electrons. The van der Waals surface area contributed by atoms with E-state index in [0.29, 0.717) is 6.61 Å². The molecule has 1 fully saturated rings. The van der Waals surface area contributed by atoms with E-state index < -0.39 is 0 Å². The van der Waals surface area contributed by atoms with Crippen LogP contribution in [-0.4, -0.2) is 47.8 Å². The smallest absolute Gasteiger partial charge is 0.246 e. The number of fused-ring (bicyclic) bond motifs is 1. The van der Waals surface area contributed by atoms with Crippen molar-refractivity contribution in [3.63, 3.8) is 0 Å². The van der Waals surface area contributed by atoms with Crippen LogP contribution in [0, 0.1) is 0 Å². The largest absolute Gasteiger partial charge is 0.372 e. The minimum atomic E-state index is -0.0397. The summed E-state index contributed by atoms with van der Waals surface area (Å²) in [6.07, 6.45) is 0.939. The Morgan fingerprint density at radius 3 is 2.93 bits per heavy atom. The van der Waals surface area contributed by atoms with Gasteiger partial charge in [0.25, 0.3) is 0 Å². The molecule has 1 aliphatic rings. The highest BCUT2D eigenvalue weighted by atomic mass is 16.5. The second-order valence-corrected chi connectivity index (χ2v) is 7.17. The van der Waals surface area contributed by atoms with Gasteiger partial charge in [-0.1, -0.05) is 24.3 Å². The zero-order valence-electron chi connectivity index (χ0n) is 16.4. The minimum Gasteiger partial charge on any atom is -0.372 e. The van der Waals surface area contributed by atoms with E-state index >= 15 is 0 Å². The lowest BCUT2D eigenvalue weighted by molar-refractivity contribution is -0.126. The lowest BCUT2D eigenvalue weighted by Crippen LogP contribution is -2.39. The lowest BCUT2D eigenvalue weighted by atomic mass is 10.1.